The van der Waals surface area contributed by atoms with Gasteiger partial charge in [0.1, 0.15) is 16.8 Å². The third-order valence-corrected chi connectivity index (χ3v) is 6.59. The van der Waals surface area contributed by atoms with Crippen molar-refractivity contribution < 1.29 is 18.4 Å². The highest BCUT2D eigenvalue weighted by Gasteiger charge is 2.47. The average Bonchev–Trinajstić information content (AvgIpc) is 2.70. The molecule has 2 saturated heterocycles. The van der Waals surface area contributed by atoms with Gasteiger partial charge in [-0.1, -0.05) is 23.2 Å². The predicted octanol–water partition coefficient (Wildman–Crippen LogP) is 4.35. The van der Waals surface area contributed by atoms with Crippen LogP contribution in [0, 0.1) is 24.0 Å². The van der Waals surface area contributed by atoms with Crippen LogP contribution in [0.25, 0.3) is 0 Å². The second kappa shape index (κ2) is 7.78. The number of hydrogen-bond donors (Lipinski definition) is 0. The van der Waals surface area contributed by atoms with E-state index in [2.05, 4.69) is 4.98 Å². The van der Waals surface area contributed by atoms with Gasteiger partial charge in [0.05, 0.1) is 16.1 Å². The zero-order chi connectivity index (χ0) is 21.6. The highest BCUT2D eigenvalue weighted by atomic mass is 35.5. The Morgan fingerprint density at radius 2 is 1.67 bits per heavy atom. The van der Waals surface area contributed by atoms with Crippen LogP contribution in [0.15, 0.2) is 24.4 Å². The normalized spacial score (nSPS) is 17.8. The van der Waals surface area contributed by atoms with Gasteiger partial charge in [0.15, 0.2) is 0 Å². The van der Waals surface area contributed by atoms with Crippen molar-refractivity contribution in [3.63, 3.8) is 0 Å². The summed E-state index contributed by atoms with van der Waals surface area (Å²) < 4.78 is 27.7. The fraction of sp³-hybridized carbons (Fsp3) is 0.381. The van der Waals surface area contributed by atoms with E-state index in [9.17, 15) is 18.4 Å². The number of hydrogen-bond acceptors (Lipinski definition) is 3. The lowest BCUT2D eigenvalue weighted by molar-refractivity contribution is -0.0289. The standard InChI is InChI=1S/C21H19Cl2F2N3O2/c1-12-8-13(18(23)26-9-12)19(29)28-10-21(11-28)4-6-27(7-5-21)20(30)16-14(24)2-3-15(25)17(16)22/h2-3,8-9H,4-7,10-11H2,1H3. The van der Waals surface area contributed by atoms with Crippen molar-refractivity contribution in [3.8, 4) is 0 Å². The number of aromatic nitrogens is 1. The first-order valence-corrected chi connectivity index (χ1v) is 10.3. The minimum Gasteiger partial charge on any atom is -0.338 e. The van der Waals surface area contributed by atoms with Crippen LogP contribution >= 0.6 is 23.2 Å². The number of halogens is 4. The molecule has 0 aliphatic carbocycles. The molecule has 0 saturated carbocycles. The van der Waals surface area contributed by atoms with Crippen molar-refractivity contribution in [1.29, 1.82) is 0 Å². The molecule has 1 spiro atoms. The van der Waals surface area contributed by atoms with E-state index < -0.39 is 28.1 Å². The number of aryl methyl sites for hydroxylation is 1. The molecule has 0 bridgehead atoms. The van der Waals surface area contributed by atoms with Crippen LogP contribution in [0.4, 0.5) is 8.78 Å². The summed E-state index contributed by atoms with van der Waals surface area (Å²) in [6, 6.07) is 3.53. The Morgan fingerprint density at radius 3 is 2.33 bits per heavy atom. The summed E-state index contributed by atoms with van der Waals surface area (Å²) in [6.45, 7) is 3.75. The molecule has 2 fully saturated rings. The molecule has 1 aromatic heterocycles. The maximum Gasteiger partial charge on any atom is 0.258 e. The Labute approximate surface area is 182 Å². The van der Waals surface area contributed by atoms with E-state index >= 15 is 0 Å². The maximum absolute atomic E-state index is 14.1. The molecule has 2 aromatic rings. The molecule has 4 rings (SSSR count). The number of carbonyl (C=O) groups is 2. The molecule has 2 aliphatic rings. The topological polar surface area (TPSA) is 53.5 Å². The van der Waals surface area contributed by atoms with Gasteiger partial charge < -0.3 is 9.80 Å². The number of likely N-dealkylation sites (tertiary alicyclic amines) is 2. The summed E-state index contributed by atoms with van der Waals surface area (Å²) in [5.41, 5.74) is 0.725. The summed E-state index contributed by atoms with van der Waals surface area (Å²) in [4.78, 5) is 32.7. The summed E-state index contributed by atoms with van der Waals surface area (Å²) >= 11 is 11.9. The van der Waals surface area contributed by atoms with Gasteiger partial charge in [-0.15, -0.1) is 0 Å². The minimum atomic E-state index is -0.837. The van der Waals surface area contributed by atoms with Crippen LogP contribution in [-0.2, 0) is 0 Å². The quantitative estimate of drug-likeness (QED) is 0.501. The van der Waals surface area contributed by atoms with Gasteiger partial charge in [-0.2, -0.15) is 0 Å². The summed E-state index contributed by atoms with van der Waals surface area (Å²) in [5.74, 6) is -2.44. The van der Waals surface area contributed by atoms with Gasteiger partial charge in [0, 0.05) is 37.8 Å². The van der Waals surface area contributed by atoms with Crippen molar-refractivity contribution in [2.45, 2.75) is 19.8 Å². The molecule has 0 unspecified atom stereocenters. The fourth-order valence-electron chi connectivity index (χ4n) is 4.16. The Kier molecular flexibility index (Phi) is 5.45. The molecule has 2 amide bonds. The highest BCUT2D eigenvalue weighted by molar-refractivity contribution is 6.34. The van der Waals surface area contributed by atoms with Crippen molar-refractivity contribution in [2.75, 3.05) is 26.2 Å². The number of carbonyl (C=O) groups excluding carboxylic acids is 2. The maximum atomic E-state index is 14.1. The van der Waals surface area contributed by atoms with Gasteiger partial charge in [-0.3, -0.25) is 9.59 Å². The predicted molar refractivity (Wildman–Crippen MR) is 109 cm³/mol. The second-order valence-electron chi connectivity index (χ2n) is 8.02. The molecule has 5 nitrogen and oxygen atoms in total. The number of rotatable bonds is 2. The largest absolute Gasteiger partial charge is 0.338 e. The van der Waals surface area contributed by atoms with Crippen LogP contribution in [0.3, 0.4) is 0 Å². The van der Waals surface area contributed by atoms with E-state index in [-0.39, 0.29) is 16.5 Å². The molecule has 0 radical (unpaired) electrons. The van der Waals surface area contributed by atoms with Crippen molar-refractivity contribution in [1.82, 2.24) is 14.8 Å². The SMILES string of the molecule is Cc1cnc(Cl)c(C(=O)N2CC3(CCN(C(=O)c4c(F)ccc(F)c4Cl)CC3)C2)c1. The first-order chi connectivity index (χ1) is 14.2. The van der Waals surface area contributed by atoms with Gasteiger partial charge in [0.25, 0.3) is 11.8 Å². The third kappa shape index (κ3) is 3.65. The third-order valence-electron chi connectivity index (χ3n) is 5.92. The number of pyridine rings is 1. The number of benzene rings is 1. The van der Waals surface area contributed by atoms with E-state index in [0.29, 0.717) is 44.6 Å². The van der Waals surface area contributed by atoms with Gasteiger partial charge >= 0.3 is 0 Å². The van der Waals surface area contributed by atoms with Crippen LogP contribution < -0.4 is 0 Å². The zero-order valence-corrected chi connectivity index (χ0v) is 17.7. The molecule has 2 aliphatic heterocycles. The Balaban J connectivity index is 1.39. The monoisotopic (exact) mass is 453 g/mol. The molecule has 3 heterocycles. The average molecular weight is 454 g/mol. The van der Waals surface area contributed by atoms with Crippen molar-refractivity contribution in [3.05, 3.63) is 62.9 Å². The molecule has 1 aromatic carbocycles. The van der Waals surface area contributed by atoms with E-state index in [1.807, 2.05) is 6.92 Å². The lowest BCUT2D eigenvalue weighted by atomic mass is 9.71. The Morgan fingerprint density at radius 1 is 1.03 bits per heavy atom. The van der Waals surface area contributed by atoms with Gasteiger partial charge in [-0.05, 0) is 43.5 Å². The first kappa shape index (κ1) is 21.0. The summed E-state index contributed by atoms with van der Waals surface area (Å²) in [5, 5.41) is -0.315. The first-order valence-electron chi connectivity index (χ1n) is 9.55. The minimum absolute atomic E-state index is 0.0829. The van der Waals surface area contributed by atoms with E-state index in [1.54, 1.807) is 17.2 Å². The number of amides is 2. The molecular weight excluding hydrogens is 435 g/mol. The van der Waals surface area contributed by atoms with Crippen molar-refractivity contribution in [2.24, 2.45) is 5.41 Å². The lowest BCUT2D eigenvalue weighted by Gasteiger charge is -2.54. The fourth-order valence-corrected chi connectivity index (χ4v) is 4.58. The molecule has 0 N–H and O–H groups in total. The van der Waals surface area contributed by atoms with Crippen LogP contribution in [0.1, 0.15) is 39.1 Å². The van der Waals surface area contributed by atoms with Crippen LogP contribution in [0.2, 0.25) is 10.2 Å². The molecule has 30 heavy (non-hydrogen) atoms. The molecule has 0 atom stereocenters. The number of nitrogens with zero attached hydrogens (tertiary/aromatic N) is 3. The van der Waals surface area contributed by atoms with Crippen molar-refractivity contribution >= 4 is 35.0 Å². The molecule has 9 heteroatoms. The van der Waals surface area contributed by atoms with Crippen LogP contribution in [0.5, 0.6) is 0 Å². The molecule has 158 valence electrons. The summed E-state index contributed by atoms with van der Waals surface area (Å²) in [7, 11) is 0. The number of piperidine rings is 1. The zero-order valence-electron chi connectivity index (χ0n) is 16.2. The molecular formula is C21H19Cl2F2N3O2. The van der Waals surface area contributed by atoms with Crippen LogP contribution in [-0.4, -0.2) is 52.8 Å². The second-order valence-corrected chi connectivity index (χ2v) is 8.76. The van der Waals surface area contributed by atoms with E-state index in [1.165, 1.54) is 4.90 Å². The van der Waals surface area contributed by atoms with Gasteiger partial charge in [-0.25, -0.2) is 13.8 Å². The van der Waals surface area contributed by atoms with E-state index in [4.69, 9.17) is 23.2 Å². The Bertz CT molecular complexity index is 1030. The Hall–Kier alpha value is -2.25. The highest BCUT2D eigenvalue weighted by Crippen LogP contribution is 2.42. The summed E-state index contributed by atoms with van der Waals surface area (Å²) in [6.07, 6.45) is 2.94. The van der Waals surface area contributed by atoms with Gasteiger partial charge in [0.2, 0.25) is 0 Å². The smallest absolute Gasteiger partial charge is 0.258 e. The lowest BCUT2D eigenvalue weighted by Crippen LogP contribution is -2.62. The van der Waals surface area contributed by atoms with E-state index in [0.717, 1.165) is 17.7 Å².